The van der Waals surface area contributed by atoms with E-state index in [4.69, 9.17) is 21.1 Å². The SMILES string of the molecule is COc1ccc(CCNCCCCCCNCCc2ccccc2)c(CCc2cccc(Cl)c2)c1OC.Cl.Cl. The van der Waals surface area contributed by atoms with Gasteiger partial charge in [-0.25, -0.2) is 0 Å². The van der Waals surface area contributed by atoms with Crippen molar-refractivity contribution in [3.63, 3.8) is 0 Å². The van der Waals surface area contributed by atoms with Crippen LogP contribution in [0.25, 0.3) is 0 Å². The van der Waals surface area contributed by atoms with E-state index in [2.05, 4.69) is 53.1 Å². The van der Waals surface area contributed by atoms with Gasteiger partial charge in [0.25, 0.3) is 0 Å². The Kier molecular flexibility index (Phi) is 18.8. The molecule has 3 aromatic carbocycles. The topological polar surface area (TPSA) is 42.5 Å². The first-order chi connectivity index (χ1) is 18.2. The predicted molar refractivity (Wildman–Crippen MR) is 171 cm³/mol. The maximum absolute atomic E-state index is 6.19. The Labute approximate surface area is 253 Å². The lowest BCUT2D eigenvalue weighted by molar-refractivity contribution is 0.351. The molecule has 3 aromatic rings. The Bertz CT molecular complexity index is 1050. The van der Waals surface area contributed by atoms with Crippen LogP contribution in [0, 0.1) is 0 Å². The molecule has 0 fully saturated rings. The standard InChI is InChI=1S/C32H43ClN2O2.2ClH/c1-36-31-18-16-28(30(32(31)37-2)17-15-27-13-10-14-29(33)25-27)20-24-35-22-9-4-3-8-21-34-23-19-26-11-6-5-7-12-26;;/h5-7,10-14,16,18,25,34-35H,3-4,8-9,15,17,19-24H2,1-2H3;2*1H. The maximum atomic E-state index is 6.19. The quantitative estimate of drug-likeness (QED) is 0.149. The van der Waals surface area contributed by atoms with Gasteiger partial charge < -0.3 is 20.1 Å². The van der Waals surface area contributed by atoms with Gasteiger partial charge in [0.2, 0.25) is 0 Å². The van der Waals surface area contributed by atoms with E-state index >= 15 is 0 Å². The summed E-state index contributed by atoms with van der Waals surface area (Å²) in [6.07, 6.45) is 8.89. The summed E-state index contributed by atoms with van der Waals surface area (Å²) in [6, 6.07) is 23.0. The molecule has 0 saturated carbocycles. The molecule has 4 nitrogen and oxygen atoms in total. The molecular weight excluding hydrogens is 551 g/mol. The van der Waals surface area contributed by atoms with Crippen molar-refractivity contribution in [2.24, 2.45) is 0 Å². The normalized spacial score (nSPS) is 10.4. The Balaban J connectivity index is 0.00000380. The van der Waals surface area contributed by atoms with Gasteiger partial charge in [-0.15, -0.1) is 24.8 Å². The predicted octanol–water partition coefficient (Wildman–Crippen LogP) is 7.51. The van der Waals surface area contributed by atoms with E-state index in [1.165, 1.54) is 47.9 Å². The minimum absolute atomic E-state index is 0. The first-order valence-corrected chi connectivity index (χ1v) is 14.0. The van der Waals surface area contributed by atoms with Gasteiger partial charge in [0.1, 0.15) is 0 Å². The van der Waals surface area contributed by atoms with Crippen LogP contribution in [0.1, 0.15) is 47.9 Å². The van der Waals surface area contributed by atoms with Gasteiger partial charge in [0.15, 0.2) is 11.5 Å². The zero-order valence-electron chi connectivity index (χ0n) is 23.3. The molecule has 216 valence electrons. The van der Waals surface area contributed by atoms with Crippen LogP contribution >= 0.6 is 36.4 Å². The van der Waals surface area contributed by atoms with Crippen LogP contribution in [0.2, 0.25) is 5.02 Å². The van der Waals surface area contributed by atoms with Crippen molar-refractivity contribution in [1.82, 2.24) is 10.6 Å². The molecule has 0 unspecified atom stereocenters. The second-order valence-corrected chi connectivity index (χ2v) is 9.90. The number of methoxy groups -OCH3 is 2. The lowest BCUT2D eigenvalue weighted by atomic mass is 9.96. The molecule has 0 aliphatic carbocycles. The second kappa shape index (κ2) is 20.9. The van der Waals surface area contributed by atoms with Crippen LogP contribution in [0.3, 0.4) is 0 Å². The number of nitrogens with one attached hydrogen (secondary N) is 2. The van der Waals surface area contributed by atoms with Gasteiger partial charge in [0.05, 0.1) is 14.2 Å². The fraction of sp³-hybridized carbons (Fsp3) is 0.438. The highest BCUT2D eigenvalue weighted by atomic mass is 35.5. The molecule has 0 heterocycles. The third-order valence-corrected chi connectivity index (χ3v) is 6.99. The van der Waals surface area contributed by atoms with Crippen LogP contribution < -0.4 is 20.1 Å². The lowest BCUT2D eigenvalue weighted by Gasteiger charge is -2.17. The number of hydrogen-bond acceptors (Lipinski definition) is 4. The number of ether oxygens (including phenoxy) is 2. The Morgan fingerprint density at radius 2 is 1.28 bits per heavy atom. The minimum atomic E-state index is 0. The van der Waals surface area contributed by atoms with Crippen LogP contribution in [0.4, 0.5) is 0 Å². The molecule has 0 saturated heterocycles. The van der Waals surface area contributed by atoms with E-state index in [1.54, 1.807) is 14.2 Å². The van der Waals surface area contributed by atoms with Crippen molar-refractivity contribution in [2.75, 3.05) is 40.4 Å². The van der Waals surface area contributed by atoms with E-state index in [-0.39, 0.29) is 24.8 Å². The number of halogens is 3. The van der Waals surface area contributed by atoms with Crippen LogP contribution in [-0.4, -0.2) is 40.4 Å². The summed E-state index contributed by atoms with van der Waals surface area (Å²) in [5.41, 5.74) is 5.17. The van der Waals surface area contributed by atoms with Gasteiger partial charge in [-0.1, -0.05) is 73.0 Å². The number of benzene rings is 3. The van der Waals surface area contributed by atoms with E-state index in [0.29, 0.717) is 0 Å². The third kappa shape index (κ3) is 12.8. The molecule has 0 radical (unpaired) electrons. The van der Waals surface area contributed by atoms with Gasteiger partial charge >= 0.3 is 0 Å². The van der Waals surface area contributed by atoms with Crippen molar-refractivity contribution in [2.45, 2.75) is 51.4 Å². The van der Waals surface area contributed by atoms with Gasteiger partial charge in [-0.2, -0.15) is 0 Å². The summed E-state index contributed by atoms with van der Waals surface area (Å²) < 4.78 is 11.3. The summed E-state index contributed by atoms with van der Waals surface area (Å²) in [5.74, 6) is 1.63. The van der Waals surface area contributed by atoms with Crippen molar-refractivity contribution in [1.29, 1.82) is 0 Å². The number of hydrogen-bond donors (Lipinski definition) is 2. The molecule has 0 atom stereocenters. The average molecular weight is 596 g/mol. The molecule has 0 spiro atoms. The minimum Gasteiger partial charge on any atom is -0.493 e. The molecule has 0 amide bonds. The van der Waals surface area contributed by atoms with E-state index in [1.807, 2.05) is 24.3 Å². The summed E-state index contributed by atoms with van der Waals surface area (Å²) in [4.78, 5) is 0. The van der Waals surface area contributed by atoms with E-state index < -0.39 is 0 Å². The van der Waals surface area contributed by atoms with Crippen molar-refractivity contribution in [3.8, 4) is 11.5 Å². The average Bonchev–Trinajstić information content (AvgIpc) is 2.93. The Morgan fingerprint density at radius 3 is 1.92 bits per heavy atom. The van der Waals surface area contributed by atoms with Crippen molar-refractivity contribution in [3.05, 3.63) is 94.0 Å². The third-order valence-electron chi connectivity index (χ3n) is 6.76. The van der Waals surface area contributed by atoms with Crippen LogP contribution in [0.15, 0.2) is 66.7 Å². The first-order valence-electron chi connectivity index (χ1n) is 13.6. The molecule has 2 N–H and O–H groups in total. The monoisotopic (exact) mass is 594 g/mol. The summed E-state index contributed by atoms with van der Waals surface area (Å²) in [7, 11) is 3.42. The molecule has 3 rings (SSSR count). The van der Waals surface area contributed by atoms with Crippen LogP contribution in [-0.2, 0) is 25.7 Å². The molecule has 0 bridgehead atoms. The Hall–Kier alpha value is -1.95. The highest BCUT2D eigenvalue weighted by Gasteiger charge is 2.15. The number of unbranched alkanes of at least 4 members (excludes halogenated alkanes) is 3. The zero-order chi connectivity index (χ0) is 26.1. The summed E-state index contributed by atoms with van der Waals surface area (Å²) in [6.45, 7) is 4.19. The van der Waals surface area contributed by atoms with Crippen molar-refractivity contribution >= 4 is 36.4 Å². The van der Waals surface area contributed by atoms with E-state index in [9.17, 15) is 0 Å². The van der Waals surface area contributed by atoms with Crippen LogP contribution in [0.5, 0.6) is 11.5 Å². The number of aryl methyl sites for hydroxylation is 1. The fourth-order valence-corrected chi connectivity index (χ4v) is 4.92. The maximum Gasteiger partial charge on any atom is 0.164 e. The largest absolute Gasteiger partial charge is 0.493 e. The number of rotatable bonds is 18. The summed E-state index contributed by atoms with van der Waals surface area (Å²) >= 11 is 6.19. The molecule has 0 aliphatic heterocycles. The van der Waals surface area contributed by atoms with Crippen molar-refractivity contribution < 1.29 is 9.47 Å². The molecule has 0 aliphatic rings. The lowest BCUT2D eigenvalue weighted by Crippen LogP contribution is -2.20. The molecule has 39 heavy (non-hydrogen) atoms. The van der Waals surface area contributed by atoms with Gasteiger partial charge in [-0.05, 0) is 99.6 Å². The highest BCUT2D eigenvalue weighted by molar-refractivity contribution is 6.30. The summed E-state index contributed by atoms with van der Waals surface area (Å²) in [5, 5.41) is 7.98. The van der Waals surface area contributed by atoms with Gasteiger partial charge in [0, 0.05) is 10.6 Å². The Morgan fingerprint density at radius 1 is 0.615 bits per heavy atom. The molecule has 7 heteroatoms. The second-order valence-electron chi connectivity index (χ2n) is 9.47. The van der Waals surface area contributed by atoms with E-state index in [0.717, 1.165) is 68.4 Å². The smallest absolute Gasteiger partial charge is 0.164 e. The fourth-order valence-electron chi connectivity index (χ4n) is 4.71. The molecular formula is C32H45Cl3N2O2. The van der Waals surface area contributed by atoms with Gasteiger partial charge in [-0.3, -0.25) is 0 Å². The molecule has 0 aromatic heterocycles. The first kappa shape index (κ1) is 35.1. The highest BCUT2D eigenvalue weighted by Crippen LogP contribution is 2.34. The zero-order valence-corrected chi connectivity index (χ0v) is 25.7.